The molecule has 1 aliphatic rings. The first-order chi connectivity index (χ1) is 9.04. The Morgan fingerprint density at radius 1 is 1.47 bits per heavy atom. The molecule has 0 N–H and O–H groups in total. The van der Waals surface area contributed by atoms with Crippen molar-refractivity contribution >= 4 is 46.3 Å². The maximum Gasteiger partial charge on any atom is 0.328 e. The van der Waals surface area contributed by atoms with E-state index in [0.717, 1.165) is 21.5 Å². The van der Waals surface area contributed by atoms with Gasteiger partial charge in [0.2, 0.25) is 0 Å². The summed E-state index contributed by atoms with van der Waals surface area (Å²) in [6.07, 6.45) is 1.65. The lowest BCUT2D eigenvalue weighted by molar-refractivity contribution is -0.148. The van der Waals surface area contributed by atoms with Gasteiger partial charge in [0.25, 0.3) is 11.1 Å². The Balaban J connectivity index is 2.24. The first kappa shape index (κ1) is 13.8. The highest BCUT2D eigenvalue weighted by atomic mass is 32.2. The lowest BCUT2D eigenvalue weighted by Crippen LogP contribution is -2.42. The van der Waals surface area contributed by atoms with Crippen molar-refractivity contribution in [1.29, 1.82) is 0 Å². The number of carbonyl (C=O) groups is 3. The number of thiophene rings is 1. The lowest BCUT2D eigenvalue weighted by Gasteiger charge is -2.18. The molecule has 7 heteroatoms. The molecular weight excluding hydrogens is 286 g/mol. The van der Waals surface area contributed by atoms with Crippen LogP contribution in [0.1, 0.15) is 11.8 Å². The van der Waals surface area contributed by atoms with Gasteiger partial charge in [-0.25, -0.2) is 4.79 Å². The zero-order valence-corrected chi connectivity index (χ0v) is 11.9. The fourth-order valence-electron chi connectivity index (χ4n) is 1.59. The summed E-state index contributed by atoms with van der Waals surface area (Å²) in [5.41, 5.74) is 0. The number of imide groups is 1. The molecule has 19 heavy (non-hydrogen) atoms. The molecule has 5 nitrogen and oxygen atoms in total. The quantitative estimate of drug-likeness (QED) is 0.633. The van der Waals surface area contributed by atoms with E-state index in [4.69, 9.17) is 0 Å². The van der Waals surface area contributed by atoms with Crippen molar-refractivity contribution < 1.29 is 19.1 Å². The Morgan fingerprint density at radius 2 is 2.21 bits per heavy atom. The number of hydrogen-bond donors (Lipinski definition) is 0. The average molecular weight is 297 g/mol. The van der Waals surface area contributed by atoms with Gasteiger partial charge in [0, 0.05) is 4.88 Å². The van der Waals surface area contributed by atoms with E-state index in [1.165, 1.54) is 25.4 Å². The van der Waals surface area contributed by atoms with Crippen molar-refractivity contribution in [2.24, 2.45) is 0 Å². The van der Waals surface area contributed by atoms with Crippen LogP contribution in [0.3, 0.4) is 0 Å². The zero-order valence-electron chi connectivity index (χ0n) is 10.3. The number of esters is 1. The third-order valence-electron chi connectivity index (χ3n) is 2.57. The smallest absolute Gasteiger partial charge is 0.328 e. The van der Waals surface area contributed by atoms with Crippen molar-refractivity contribution in [3.8, 4) is 0 Å². The molecular formula is C12H11NO4S2. The monoisotopic (exact) mass is 297 g/mol. The van der Waals surface area contributed by atoms with E-state index in [9.17, 15) is 14.4 Å². The second-order valence-corrected chi connectivity index (χ2v) is 5.74. The van der Waals surface area contributed by atoms with Crippen molar-refractivity contribution in [3.63, 3.8) is 0 Å². The number of nitrogens with zero attached hydrogens (tertiary/aromatic N) is 1. The maximum absolute atomic E-state index is 12.1. The Bertz CT molecular complexity index is 550. The fourth-order valence-corrected chi connectivity index (χ4v) is 3.22. The molecule has 1 fully saturated rings. The fraction of sp³-hybridized carbons (Fsp3) is 0.250. The molecule has 0 aromatic carbocycles. The number of thioether (sulfide) groups is 1. The normalized spacial score (nSPS) is 19.1. The summed E-state index contributed by atoms with van der Waals surface area (Å²) in [6.45, 7) is 1.47. The highest BCUT2D eigenvalue weighted by molar-refractivity contribution is 8.18. The second kappa shape index (κ2) is 5.58. The summed E-state index contributed by atoms with van der Waals surface area (Å²) < 4.78 is 4.55. The molecule has 0 aliphatic carbocycles. The predicted molar refractivity (Wildman–Crippen MR) is 73.6 cm³/mol. The third kappa shape index (κ3) is 2.71. The van der Waals surface area contributed by atoms with Crippen molar-refractivity contribution in [2.75, 3.05) is 7.11 Å². The lowest BCUT2D eigenvalue weighted by atomic mass is 10.3. The molecule has 0 unspecified atom stereocenters. The Kier molecular flexibility index (Phi) is 4.06. The minimum Gasteiger partial charge on any atom is -0.467 e. The van der Waals surface area contributed by atoms with Crippen LogP contribution in [0.4, 0.5) is 4.79 Å². The third-order valence-corrected chi connectivity index (χ3v) is 4.27. The SMILES string of the molecule is COC(=O)[C@@H](C)N1C(=O)S/C(=C/c2cccs2)C1=O. The van der Waals surface area contributed by atoms with Crippen LogP contribution < -0.4 is 0 Å². The minimum atomic E-state index is -0.910. The van der Waals surface area contributed by atoms with E-state index in [-0.39, 0.29) is 0 Å². The molecule has 1 saturated heterocycles. The molecule has 0 spiro atoms. The first-order valence-corrected chi connectivity index (χ1v) is 7.12. The van der Waals surface area contributed by atoms with Gasteiger partial charge in [0.15, 0.2) is 0 Å². The van der Waals surface area contributed by atoms with Gasteiger partial charge in [-0.3, -0.25) is 14.5 Å². The Morgan fingerprint density at radius 3 is 2.79 bits per heavy atom. The van der Waals surface area contributed by atoms with Gasteiger partial charge >= 0.3 is 5.97 Å². The summed E-state index contributed by atoms with van der Waals surface area (Å²) in [5, 5.41) is 1.43. The van der Waals surface area contributed by atoms with Crippen LogP contribution in [0.15, 0.2) is 22.4 Å². The Hall–Kier alpha value is -1.60. The molecule has 0 saturated carbocycles. The molecule has 0 radical (unpaired) electrons. The number of carbonyl (C=O) groups excluding carboxylic acids is 3. The van der Waals surface area contributed by atoms with Gasteiger partial charge in [0.05, 0.1) is 12.0 Å². The number of methoxy groups -OCH3 is 1. The van der Waals surface area contributed by atoms with Gasteiger partial charge in [-0.2, -0.15) is 0 Å². The predicted octanol–water partition coefficient (Wildman–Crippen LogP) is 2.35. The molecule has 1 aromatic rings. The minimum absolute atomic E-state index is 0.322. The maximum atomic E-state index is 12.1. The number of amides is 2. The molecule has 2 rings (SSSR count). The average Bonchev–Trinajstić information content (AvgIpc) is 2.98. The summed E-state index contributed by atoms with van der Waals surface area (Å²) >= 11 is 2.30. The van der Waals surface area contributed by atoms with E-state index >= 15 is 0 Å². The zero-order chi connectivity index (χ0) is 14.0. The summed E-state index contributed by atoms with van der Waals surface area (Å²) in [5.74, 6) is -1.07. The van der Waals surface area contributed by atoms with Crippen LogP contribution in [0.25, 0.3) is 6.08 Å². The van der Waals surface area contributed by atoms with Crippen molar-refractivity contribution in [1.82, 2.24) is 4.90 Å². The molecule has 2 heterocycles. The molecule has 100 valence electrons. The molecule has 1 atom stereocenters. The van der Waals surface area contributed by atoms with Gasteiger partial charge in [-0.05, 0) is 36.2 Å². The van der Waals surface area contributed by atoms with E-state index in [1.54, 1.807) is 6.08 Å². The highest BCUT2D eigenvalue weighted by Crippen LogP contribution is 2.34. The molecule has 0 bridgehead atoms. The molecule has 1 aromatic heterocycles. The van der Waals surface area contributed by atoms with E-state index in [1.807, 2.05) is 17.5 Å². The van der Waals surface area contributed by atoms with E-state index in [2.05, 4.69) is 4.74 Å². The molecule has 2 amide bonds. The van der Waals surface area contributed by atoms with Crippen molar-refractivity contribution in [2.45, 2.75) is 13.0 Å². The van der Waals surface area contributed by atoms with Crippen LogP contribution in [0.2, 0.25) is 0 Å². The van der Waals surface area contributed by atoms with E-state index in [0.29, 0.717) is 4.91 Å². The number of ether oxygens (including phenoxy) is 1. The van der Waals surface area contributed by atoms with Crippen LogP contribution in [0, 0.1) is 0 Å². The first-order valence-electron chi connectivity index (χ1n) is 5.43. The summed E-state index contributed by atoms with van der Waals surface area (Å²) in [4.78, 5) is 37.5. The van der Waals surface area contributed by atoms with Crippen LogP contribution in [0.5, 0.6) is 0 Å². The second-order valence-electron chi connectivity index (χ2n) is 3.77. The largest absolute Gasteiger partial charge is 0.467 e. The van der Waals surface area contributed by atoms with Gasteiger partial charge < -0.3 is 4.74 Å². The van der Waals surface area contributed by atoms with Gasteiger partial charge in [-0.1, -0.05) is 6.07 Å². The standard InChI is InChI=1S/C12H11NO4S2/c1-7(11(15)17-2)13-10(14)9(19-12(13)16)6-8-4-3-5-18-8/h3-7H,1-2H3/b9-6+/t7-/m1/s1. The Labute approximate surface area is 118 Å². The van der Waals surface area contributed by atoms with Gasteiger partial charge in [0.1, 0.15) is 6.04 Å². The van der Waals surface area contributed by atoms with Crippen LogP contribution in [-0.2, 0) is 14.3 Å². The topological polar surface area (TPSA) is 63.7 Å². The van der Waals surface area contributed by atoms with Gasteiger partial charge in [-0.15, -0.1) is 11.3 Å². The molecule has 1 aliphatic heterocycles. The van der Waals surface area contributed by atoms with E-state index < -0.39 is 23.2 Å². The summed E-state index contributed by atoms with van der Waals surface area (Å²) in [7, 11) is 1.22. The van der Waals surface area contributed by atoms with Crippen LogP contribution >= 0.6 is 23.1 Å². The number of hydrogen-bond acceptors (Lipinski definition) is 6. The number of rotatable bonds is 3. The highest BCUT2D eigenvalue weighted by Gasteiger charge is 2.41. The van der Waals surface area contributed by atoms with Crippen molar-refractivity contribution in [3.05, 3.63) is 27.3 Å². The summed E-state index contributed by atoms with van der Waals surface area (Å²) in [6, 6.07) is 2.80. The van der Waals surface area contributed by atoms with Crippen LogP contribution in [-0.4, -0.2) is 35.2 Å².